The third-order valence-electron chi connectivity index (χ3n) is 5.57. The zero-order valence-corrected chi connectivity index (χ0v) is 18.4. The second kappa shape index (κ2) is 10.4. The summed E-state index contributed by atoms with van der Waals surface area (Å²) < 4.78 is 5.62. The molecule has 0 radical (unpaired) electrons. The lowest BCUT2D eigenvalue weighted by molar-refractivity contribution is -0.137. The Morgan fingerprint density at radius 3 is 2.12 bits per heavy atom. The molecular weight excluding hydrogens is 422 g/mol. The summed E-state index contributed by atoms with van der Waals surface area (Å²) in [5.41, 5.74) is 4.67. The monoisotopic (exact) mass is 447 g/mol. The van der Waals surface area contributed by atoms with Crippen molar-refractivity contribution < 1.29 is 19.4 Å². The zero-order valence-electron chi connectivity index (χ0n) is 17.6. The smallest absolute Gasteiger partial charge is 0.407 e. The molecule has 1 atom stereocenters. The predicted molar refractivity (Wildman–Crippen MR) is 126 cm³/mol. The minimum atomic E-state index is -0.881. The summed E-state index contributed by atoms with van der Waals surface area (Å²) in [6.07, 6.45) is -0.181. The fourth-order valence-corrected chi connectivity index (χ4v) is 5.01. The predicted octanol–water partition coefficient (Wildman–Crippen LogP) is 5.55. The number of thioether (sulfide) groups is 1. The van der Waals surface area contributed by atoms with E-state index in [1.807, 2.05) is 54.6 Å². The van der Waals surface area contributed by atoms with E-state index in [0.29, 0.717) is 12.2 Å². The minimum Gasteiger partial charge on any atom is -0.481 e. The summed E-state index contributed by atoms with van der Waals surface area (Å²) in [5, 5.41) is 11.9. The molecule has 32 heavy (non-hydrogen) atoms. The van der Waals surface area contributed by atoms with Crippen molar-refractivity contribution in [3.05, 3.63) is 90.0 Å². The number of nitrogens with one attached hydrogen (secondary N) is 1. The van der Waals surface area contributed by atoms with Crippen LogP contribution in [0.25, 0.3) is 11.1 Å². The molecule has 0 saturated carbocycles. The average molecular weight is 448 g/mol. The van der Waals surface area contributed by atoms with E-state index in [0.717, 1.165) is 16.0 Å². The molecule has 2 N–H and O–H groups in total. The Morgan fingerprint density at radius 1 is 0.906 bits per heavy atom. The van der Waals surface area contributed by atoms with Crippen LogP contribution in [0.5, 0.6) is 0 Å². The fourth-order valence-electron chi connectivity index (χ4n) is 4.02. The van der Waals surface area contributed by atoms with Crippen molar-refractivity contribution in [2.45, 2.75) is 29.7 Å². The van der Waals surface area contributed by atoms with E-state index in [-0.39, 0.29) is 25.0 Å². The SMILES string of the molecule is O=C(O)CC[C@H](CSc1ccccc1)NC(=O)OCC1c2ccccc2-c2ccccc21. The fraction of sp³-hybridized carbons (Fsp3) is 0.231. The lowest BCUT2D eigenvalue weighted by Crippen LogP contribution is -2.38. The number of hydrogen-bond donors (Lipinski definition) is 2. The van der Waals surface area contributed by atoms with Gasteiger partial charge in [0.1, 0.15) is 6.61 Å². The van der Waals surface area contributed by atoms with Crippen LogP contribution < -0.4 is 5.32 Å². The number of rotatable bonds is 9. The molecule has 0 bridgehead atoms. The average Bonchev–Trinajstić information content (AvgIpc) is 3.14. The highest BCUT2D eigenvalue weighted by Crippen LogP contribution is 2.44. The van der Waals surface area contributed by atoms with Crippen molar-refractivity contribution in [3.8, 4) is 11.1 Å². The van der Waals surface area contributed by atoms with Crippen LogP contribution in [-0.4, -0.2) is 35.6 Å². The lowest BCUT2D eigenvalue weighted by atomic mass is 9.98. The summed E-state index contributed by atoms with van der Waals surface area (Å²) in [4.78, 5) is 24.7. The van der Waals surface area contributed by atoms with Crippen LogP contribution >= 0.6 is 11.8 Å². The van der Waals surface area contributed by atoms with Crippen molar-refractivity contribution >= 4 is 23.8 Å². The topological polar surface area (TPSA) is 75.6 Å². The van der Waals surface area contributed by atoms with Crippen LogP contribution in [0.4, 0.5) is 4.79 Å². The van der Waals surface area contributed by atoms with E-state index < -0.39 is 12.1 Å². The summed E-state index contributed by atoms with van der Waals surface area (Å²) in [6, 6.07) is 25.9. The molecule has 5 nitrogen and oxygen atoms in total. The molecule has 1 aliphatic carbocycles. The highest BCUT2D eigenvalue weighted by Gasteiger charge is 2.29. The van der Waals surface area contributed by atoms with Gasteiger partial charge < -0.3 is 15.2 Å². The Bertz CT molecular complexity index is 1040. The highest BCUT2D eigenvalue weighted by atomic mass is 32.2. The second-order valence-corrected chi connectivity index (χ2v) is 8.82. The van der Waals surface area contributed by atoms with Gasteiger partial charge in [-0.25, -0.2) is 4.79 Å². The number of amides is 1. The lowest BCUT2D eigenvalue weighted by Gasteiger charge is -2.19. The molecule has 0 saturated heterocycles. The van der Waals surface area contributed by atoms with Gasteiger partial charge in [-0.3, -0.25) is 4.79 Å². The van der Waals surface area contributed by atoms with Gasteiger partial charge in [0.25, 0.3) is 0 Å². The van der Waals surface area contributed by atoms with E-state index in [2.05, 4.69) is 29.6 Å². The van der Waals surface area contributed by atoms with E-state index in [4.69, 9.17) is 9.84 Å². The second-order valence-electron chi connectivity index (χ2n) is 7.72. The quantitative estimate of drug-likeness (QED) is 0.421. The Hall–Kier alpha value is -3.25. The van der Waals surface area contributed by atoms with E-state index >= 15 is 0 Å². The molecule has 6 heteroatoms. The number of benzene rings is 3. The first-order valence-corrected chi connectivity index (χ1v) is 11.6. The van der Waals surface area contributed by atoms with Crippen LogP contribution in [0.2, 0.25) is 0 Å². The van der Waals surface area contributed by atoms with Crippen LogP contribution in [-0.2, 0) is 9.53 Å². The van der Waals surface area contributed by atoms with E-state index in [1.165, 1.54) is 11.1 Å². The number of ether oxygens (including phenoxy) is 1. The van der Waals surface area contributed by atoms with Gasteiger partial charge >= 0.3 is 12.1 Å². The first-order valence-electron chi connectivity index (χ1n) is 10.6. The van der Waals surface area contributed by atoms with E-state index in [1.54, 1.807) is 11.8 Å². The zero-order chi connectivity index (χ0) is 22.3. The number of carboxylic acids is 1. The van der Waals surface area contributed by atoms with Gasteiger partial charge in [0.05, 0.1) is 0 Å². The Morgan fingerprint density at radius 2 is 1.50 bits per heavy atom. The van der Waals surface area contributed by atoms with Crippen molar-refractivity contribution in [3.63, 3.8) is 0 Å². The molecule has 4 rings (SSSR count). The van der Waals surface area contributed by atoms with Crippen molar-refractivity contribution in [1.82, 2.24) is 5.32 Å². The van der Waals surface area contributed by atoms with Gasteiger partial charge in [-0.15, -0.1) is 11.8 Å². The minimum absolute atomic E-state index is 0.00990. The number of fused-ring (bicyclic) bond motifs is 3. The number of carbonyl (C=O) groups is 2. The Kier molecular flexibility index (Phi) is 7.12. The molecule has 3 aromatic rings. The first kappa shape index (κ1) is 22.0. The molecule has 0 unspecified atom stereocenters. The number of hydrogen-bond acceptors (Lipinski definition) is 4. The molecule has 164 valence electrons. The van der Waals surface area contributed by atoms with Crippen molar-refractivity contribution in [2.75, 3.05) is 12.4 Å². The largest absolute Gasteiger partial charge is 0.481 e. The molecular formula is C26H25NO4S. The van der Waals surface area contributed by atoms with Crippen molar-refractivity contribution in [1.29, 1.82) is 0 Å². The highest BCUT2D eigenvalue weighted by molar-refractivity contribution is 7.99. The summed E-state index contributed by atoms with van der Waals surface area (Å²) in [6.45, 7) is 0.233. The van der Waals surface area contributed by atoms with Crippen LogP contribution in [0.15, 0.2) is 83.8 Å². The van der Waals surface area contributed by atoms with Crippen LogP contribution in [0.3, 0.4) is 0 Å². The molecule has 0 aliphatic heterocycles. The standard InChI is InChI=1S/C26H25NO4S/c28-25(29)15-14-18(17-32-19-8-2-1-3-9-19)27-26(30)31-16-24-22-12-6-4-10-20(22)21-11-5-7-13-23(21)24/h1-13,18,24H,14-17H2,(H,27,30)(H,28,29)/t18-/m1/s1. The number of alkyl carbamates (subject to hydrolysis) is 1. The molecule has 0 heterocycles. The molecule has 0 fully saturated rings. The number of aliphatic carboxylic acids is 1. The molecule has 0 spiro atoms. The maximum atomic E-state index is 12.6. The molecule has 1 amide bonds. The number of carbonyl (C=O) groups excluding carboxylic acids is 1. The third-order valence-corrected chi connectivity index (χ3v) is 6.74. The Labute approximate surface area is 191 Å². The van der Waals surface area contributed by atoms with Gasteiger partial charge in [-0.2, -0.15) is 0 Å². The summed E-state index contributed by atoms with van der Waals surface area (Å²) in [5.74, 6) is -0.319. The van der Waals surface area contributed by atoms with Gasteiger partial charge in [-0.05, 0) is 40.8 Å². The first-order chi connectivity index (χ1) is 15.6. The van der Waals surface area contributed by atoms with Gasteiger partial charge in [0.15, 0.2) is 0 Å². The summed E-state index contributed by atoms with van der Waals surface area (Å²) in [7, 11) is 0. The summed E-state index contributed by atoms with van der Waals surface area (Å²) >= 11 is 1.58. The van der Waals surface area contributed by atoms with Gasteiger partial charge in [0, 0.05) is 29.0 Å². The molecule has 3 aromatic carbocycles. The van der Waals surface area contributed by atoms with E-state index in [9.17, 15) is 9.59 Å². The van der Waals surface area contributed by atoms with Gasteiger partial charge in [0.2, 0.25) is 0 Å². The Balaban J connectivity index is 1.38. The third kappa shape index (κ3) is 5.32. The maximum Gasteiger partial charge on any atom is 0.407 e. The van der Waals surface area contributed by atoms with Crippen LogP contribution in [0.1, 0.15) is 29.9 Å². The van der Waals surface area contributed by atoms with Crippen LogP contribution in [0, 0.1) is 0 Å². The normalized spacial score (nSPS) is 13.1. The molecule has 0 aromatic heterocycles. The van der Waals surface area contributed by atoms with Gasteiger partial charge in [-0.1, -0.05) is 66.7 Å². The number of carboxylic acid groups (broad SMARTS) is 1. The molecule has 1 aliphatic rings. The van der Waals surface area contributed by atoms with Crippen molar-refractivity contribution in [2.24, 2.45) is 0 Å². The maximum absolute atomic E-state index is 12.6.